The lowest BCUT2D eigenvalue weighted by Crippen LogP contribution is -2.33. The number of aromatic nitrogens is 2. The summed E-state index contributed by atoms with van der Waals surface area (Å²) in [6.07, 6.45) is 4.39. The lowest BCUT2D eigenvalue weighted by molar-refractivity contribution is 0.0594. The average molecular weight is 366 g/mol. The van der Waals surface area contributed by atoms with E-state index in [4.69, 9.17) is 4.74 Å². The third-order valence-corrected chi connectivity index (χ3v) is 4.80. The molecule has 0 amide bonds. The summed E-state index contributed by atoms with van der Waals surface area (Å²) < 4.78 is 5.69. The molecule has 1 atom stereocenters. The number of carbonyl (C=O) groups is 1. The van der Waals surface area contributed by atoms with Crippen LogP contribution in [0, 0.1) is 5.92 Å². The molecule has 3 heterocycles. The molecule has 1 saturated heterocycles. The van der Waals surface area contributed by atoms with Crippen LogP contribution >= 0.6 is 15.9 Å². The van der Waals surface area contributed by atoms with Crippen molar-refractivity contribution in [2.45, 2.75) is 26.3 Å². The van der Waals surface area contributed by atoms with Crippen LogP contribution in [0.1, 0.15) is 35.8 Å². The van der Waals surface area contributed by atoms with Crippen LogP contribution < -0.4 is 0 Å². The van der Waals surface area contributed by atoms with Crippen molar-refractivity contribution in [3.05, 3.63) is 28.0 Å². The summed E-state index contributed by atoms with van der Waals surface area (Å²) in [5, 5.41) is 0. The summed E-state index contributed by atoms with van der Waals surface area (Å²) in [6, 6.07) is 1.84. The van der Waals surface area contributed by atoms with Crippen LogP contribution in [0.5, 0.6) is 0 Å². The molecule has 0 spiro atoms. The van der Waals surface area contributed by atoms with E-state index < -0.39 is 5.97 Å². The van der Waals surface area contributed by atoms with Crippen LogP contribution in [-0.4, -0.2) is 41.0 Å². The fourth-order valence-electron chi connectivity index (χ4n) is 3.14. The number of esters is 1. The first-order chi connectivity index (χ1) is 10.6. The van der Waals surface area contributed by atoms with Crippen molar-refractivity contribution in [2.75, 3.05) is 20.2 Å². The van der Waals surface area contributed by atoms with Gasteiger partial charge in [-0.25, -0.2) is 9.78 Å². The highest BCUT2D eigenvalue weighted by molar-refractivity contribution is 9.10. The molecule has 1 aliphatic rings. The number of pyridine rings is 1. The predicted molar refractivity (Wildman–Crippen MR) is 88.8 cm³/mol. The van der Waals surface area contributed by atoms with Gasteiger partial charge in [-0.3, -0.25) is 4.90 Å². The number of halogens is 1. The largest absolute Gasteiger partial charge is 0.464 e. The molecule has 118 valence electrons. The molecule has 1 aliphatic heterocycles. The van der Waals surface area contributed by atoms with Crippen molar-refractivity contribution >= 4 is 32.9 Å². The summed E-state index contributed by atoms with van der Waals surface area (Å²) in [7, 11) is 1.38. The Morgan fingerprint density at radius 3 is 3.14 bits per heavy atom. The van der Waals surface area contributed by atoms with E-state index in [1.807, 2.05) is 12.3 Å². The number of rotatable bonds is 3. The molecule has 0 saturated carbocycles. The van der Waals surface area contributed by atoms with Gasteiger partial charge in [-0.1, -0.05) is 6.92 Å². The molecule has 3 rings (SSSR count). The fraction of sp³-hybridized carbons (Fsp3) is 0.500. The first-order valence-electron chi connectivity index (χ1n) is 7.55. The summed E-state index contributed by atoms with van der Waals surface area (Å²) in [5.41, 5.74) is 3.21. The fourth-order valence-corrected chi connectivity index (χ4v) is 3.54. The van der Waals surface area contributed by atoms with Gasteiger partial charge in [-0.15, -0.1) is 0 Å². The highest BCUT2D eigenvalue weighted by Crippen LogP contribution is 2.27. The molecule has 0 aromatic carbocycles. The molecule has 22 heavy (non-hydrogen) atoms. The number of piperidine rings is 1. The molecular weight excluding hydrogens is 346 g/mol. The minimum Gasteiger partial charge on any atom is -0.464 e. The maximum Gasteiger partial charge on any atom is 0.356 e. The molecule has 1 N–H and O–H groups in total. The van der Waals surface area contributed by atoms with Crippen LogP contribution in [0.15, 0.2) is 16.7 Å². The molecule has 5 nitrogen and oxygen atoms in total. The van der Waals surface area contributed by atoms with Gasteiger partial charge in [0.1, 0.15) is 11.2 Å². The van der Waals surface area contributed by atoms with E-state index in [1.54, 1.807) is 0 Å². The highest BCUT2D eigenvalue weighted by Gasteiger charge is 2.20. The predicted octanol–water partition coefficient (Wildman–Crippen LogP) is 3.34. The number of ether oxygens (including phenoxy) is 1. The molecule has 0 bridgehead atoms. The van der Waals surface area contributed by atoms with Crippen LogP contribution in [0.4, 0.5) is 0 Å². The molecule has 2 aromatic heterocycles. The molecule has 0 radical (unpaired) electrons. The highest BCUT2D eigenvalue weighted by atomic mass is 79.9. The Bertz CT molecular complexity index is 698. The Morgan fingerprint density at radius 2 is 2.41 bits per heavy atom. The van der Waals surface area contributed by atoms with Crippen LogP contribution in [0.3, 0.4) is 0 Å². The zero-order valence-corrected chi connectivity index (χ0v) is 14.4. The second kappa shape index (κ2) is 6.38. The number of methoxy groups -OCH3 is 1. The van der Waals surface area contributed by atoms with E-state index in [1.165, 1.54) is 20.0 Å². The Kier molecular flexibility index (Phi) is 4.49. The second-order valence-corrected chi connectivity index (χ2v) is 6.86. The lowest BCUT2D eigenvalue weighted by atomic mass is 9.99. The van der Waals surface area contributed by atoms with Gasteiger partial charge < -0.3 is 9.72 Å². The summed E-state index contributed by atoms with van der Waals surface area (Å²) in [4.78, 5) is 22.0. The Labute approximate surface area is 138 Å². The maximum absolute atomic E-state index is 11.9. The third-order valence-electron chi connectivity index (χ3n) is 4.20. The van der Waals surface area contributed by atoms with Crippen molar-refractivity contribution in [2.24, 2.45) is 5.92 Å². The standard InChI is InChI=1S/C16H20BrN3O2/c1-10-4-3-5-20(8-10)9-11-6-13(16(21)22-2)19-15-12(17)7-18-14(11)15/h6-7,10,18H,3-5,8-9H2,1-2H3/t10-/m0/s1. The van der Waals surface area contributed by atoms with Gasteiger partial charge in [-0.05, 0) is 52.9 Å². The Balaban J connectivity index is 1.97. The smallest absolute Gasteiger partial charge is 0.356 e. The molecule has 0 unspecified atom stereocenters. The van der Waals surface area contributed by atoms with Crippen molar-refractivity contribution in [3.63, 3.8) is 0 Å². The zero-order chi connectivity index (χ0) is 15.7. The van der Waals surface area contributed by atoms with Crippen LogP contribution in [-0.2, 0) is 11.3 Å². The van der Waals surface area contributed by atoms with Crippen molar-refractivity contribution in [1.82, 2.24) is 14.9 Å². The molecule has 6 heteroatoms. The van der Waals surface area contributed by atoms with E-state index in [2.05, 4.69) is 37.7 Å². The first kappa shape index (κ1) is 15.5. The molecular formula is C16H20BrN3O2. The number of carbonyl (C=O) groups excluding carboxylic acids is 1. The van der Waals surface area contributed by atoms with Gasteiger partial charge in [0.2, 0.25) is 0 Å². The summed E-state index contributed by atoms with van der Waals surface area (Å²) in [5.74, 6) is 0.324. The van der Waals surface area contributed by atoms with Gasteiger partial charge >= 0.3 is 5.97 Å². The van der Waals surface area contributed by atoms with Gasteiger partial charge in [0.05, 0.1) is 17.1 Å². The van der Waals surface area contributed by atoms with E-state index in [0.717, 1.165) is 46.6 Å². The summed E-state index contributed by atoms with van der Waals surface area (Å²) >= 11 is 3.48. The topological polar surface area (TPSA) is 58.2 Å². The van der Waals surface area contributed by atoms with Crippen molar-refractivity contribution in [3.8, 4) is 0 Å². The summed E-state index contributed by atoms with van der Waals surface area (Å²) in [6.45, 7) is 5.31. The van der Waals surface area contributed by atoms with E-state index in [0.29, 0.717) is 5.69 Å². The number of nitrogens with zero attached hydrogens (tertiary/aromatic N) is 2. The van der Waals surface area contributed by atoms with E-state index >= 15 is 0 Å². The second-order valence-electron chi connectivity index (χ2n) is 6.00. The van der Waals surface area contributed by atoms with Crippen molar-refractivity contribution < 1.29 is 9.53 Å². The Hall–Kier alpha value is -1.40. The Morgan fingerprint density at radius 1 is 1.59 bits per heavy atom. The lowest BCUT2D eigenvalue weighted by Gasteiger charge is -2.31. The first-order valence-corrected chi connectivity index (χ1v) is 8.35. The van der Waals surface area contributed by atoms with Gasteiger partial charge in [0.15, 0.2) is 0 Å². The SMILES string of the molecule is COC(=O)c1cc(CN2CCC[C@H](C)C2)c2[nH]cc(Br)c2n1. The zero-order valence-electron chi connectivity index (χ0n) is 12.9. The van der Waals surface area contributed by atoms with Gasteiger partial charge in [-0.2, -0.15) is 0 Å². The number of H-pyrrole nitrogens is 1. The van der Waals surface area contributed by atoms with E-state index in [-0.39, 0.29) is 0 Å². The minimum atomic E-state index is -0.400. The van der Waals surface area contributed by atoms with Crippen molar-refractivity contribution in [1.29, 1.82) is 0 Å². The third kappa shape index (κ3) is 3.03. The number of hydrogen-bond acceptors (Lipinski definition) is 4. The number of nitrogens with one attached hydrogen (secondary N) is 1. The quantitative estimate of drug-likeness (QED) is 0.847. The number of aromatic amines is 1. The number of fused-ring (bicyclic) bond motifs is 1. The van der Waals surface area contributed by atoms with Gasteiger partial charge in [0.25, 0.3) is 0 Å². The molecule has 2 aromatic rings. The normalized spacial score (nSPS) is 19.5. The van der Waals surface area contributed by atoms with Crippen LogP contribution in [0.2, 0.25) is 0 Å². The molecule has 1 fully saturated rings. The average Bonchev–Trinajstić information content (AvgIpc) is 2.88. The monoisotopic (exact) mass is 365 g/mol. The molecule has 0 aliphatic carbocycles. The minimum absolute atomic E-state index is 0.357. The van der Waals surface area contributed by atoms with Crippen LogP contribution in [0.25, 0.3) is 11.0 Å². The number of likely N-dealkylation sites (tertiary alicyclic amines) is 1. The maximum atomic E-state index is 11.9. The van der Waals surface area contributed by atoms with Gasteiger partial charge in [0, 0.05) is 19.3 Å². The number of hydrogen-bond donors (Lipinski definition) is 1. The van der Waals surface area contributed by atoms with E-state index in [9.17, 15) is 4.79 Å².